The second-order valence-corrected chi connectivity index (χ2v) is 13.2. The van der Waals surface area contributed by atoms with Crippen LogP contribution in [-0.4, -0.2) is 163 Å². The maximum absolute atomic E-state index is 11.4. The van der Waals surface area contributed by atoms with Crippen molar-refractivity contribution >= 4 is 5.97 Å². The molecule has 19 atom stereocenters. The van der Waals surface area contributed by atoms with Gasteiger partial charge in [-0.1, -0.05) is 0 Å². The molecule has 0 aromatic carbocycles. The molecule has 45 heavy (non-hydrogen) atoms. The van der Waals surface area contributed by atoms with Crippen LogP contribution in [-0.2, 0) is 33.2 Å². The summed E-state index contributed by atoms with van der Waals surface area (Å²) < 4.78 is 34.7. The Morgan fingerprint density at radius 2 is 1.44 bits per heavy atom. The molecule has 0 amide bonds. The van der Waals surface area contributed by atoms with Gasteiger partial charge in [0.2, 0.25) is 0 Å². The van der Waals surface area contributed by atoms with Crippen molar-refractivity contribution in [2.24, 2.45) is 11.8 Å². The SMILES string of the molecule is CC(=O)OC1C(C)OC(OCC2OC(OC3CC4C(O)CC(O)CC4OC3C3CCC(O)C(O)C3)C(O)C(O)C2O)C(O)C1O. The summed E-state index contributed by atoms with van der Waals surface area (Å²) in [5, 5.41) is 94.7. The summed E-state index contributed by atoms with van der Waals surface area (Å²) in [5.41, 5.74) is 0. The van der Waals surface area contributed by atoms with Gasteiger partial charge in [0, 0.05) is 12.8 Å². The number of aliphatic hydroxyl groups is 9. The predicted molar refractivity (Wildman–Crippen MR) is 147 cm³/mol. The summed E-state index contributed by atoms with van der Waals surface area (Å²) >= 11 is 0. The molecule has 0 bridgehead atoms. The smallest absolute Gasteiger partial charge is 0.303 e. The largest absolute Gasteiger partial charge is 0.457 e. The Kier molecular flexibility index (Phi) is 11.4. The van der Waals surface area contributed by atoms with Gasteiger partial charge in [-0.3, -0.25) is 4.79 Å². The fourth-order valence-electron chi connectivity index (χ4n) is 7.43. The Labute approximate surface area is 260 Å². The number of hydrogen-bond donors (Lipinski definition) is 9. The van der Waals surface area contributed by atoms with Crippen LogP contribution >= 0.6 is 0 Å². The molecule has 3 aliphatic heterocycles. The number of fused-ring (bicyclic) bond motifs is 1. The molecule has 3 heterocycles. The van der Waals surface area contributed by atoms with Gasteiger partial charge in [0.05, 0.1) is 55.4 Å². The van der Waals surface area contributed by atoms with E-state index < -0.39 is 123 Å². The highest BCUT2D eigenvalue weighted by molar-refractivity contribution is 5.66. The first kappa shape index (κ1) is 35.2. The summed E-state index contributed by atoms with van der Waals surface area (Å²) in [4.78, 5) is 11.4. The number of esters is 1. The zero-order valence-corrected chi connectivity index (χ0v) is 25.3. The zero-order valence-electron chi connectivity index (χ0n) is 25.3. The molecule has 0 aromatic heterocycles. The average molecular weight is 653 g/mol. The lowest BCUT2D eigenvalue weighted by atomic mass is 9.72. The molecular weight excluding hydrogens is 604 g/mol. The lowest BCUT2D eigenvalue weighted by Gasteiger charge is -2.51. The molecule has 5 aliphatic rings. The molecule has 2 saturated carbocycles. The quantitative estimate of drug-likeness (QED) is 0.120. The van der Waals surface area contributed by atoms with E-state index in [9.17, 15) is 50.8 Å². The molecule has 5 fully saturated rings. The highest BCUT2D eigenvalue weighted by atomic mass is 16.7. The maximum atomic E-state index is 11.4. The van der Waals surface area contributed by atoms with Crippen molar-refractivity contribution < 1.29 is 79.2 Å². The predicted octanol–water partition coefficient (Wildman–Crippen LogP) is -3.59. The number of rotatable bonds is 7. The third-order valence-electron chi connectivity index (χ3n) is 9.96. The number of carbonyl (C=O) groups is 1. The third kappa shape index (κ3) is 7.65. The van der Waals surface area contributed by atoms with Crippen molar-refractivity contribution in [2.75, 3.05) is 6.61 Å². The fourth-order valence-corrected chi connectivity index (χ4v) is 7.43. The summed E-state index contributed by atoms with van der Waals surface area (Å²) in [5.74, 6) is -1.35. The molecule has 3 saturated heterocycles. The molecule has 260 valence electrons. The van der Waals surface area contributed by atoms with E-state index >= 15 is 0 Å². The van der Waals surface area contributed by atoms with Crippen LogP contribution in [0.2, 0.25) is 0 Å². The molecule has 2 aliphatic carbocycles. The Morgan fingerprint density at radius 3 is 2.13 bits per heavy atom. The van der Waals surface area contributed by atoms with Crippen LogP contribution < -0.4 is 0 Å². The van der Waals surface area contributed by atoms with Crippen molar-refractivity contribution in [1.82, 2.24) is 0 Å². The monoisotopic (exact) mass is 652 g/mol. The van der Waals surface area contributed by atoms with E-state index in [2.05, 4.69) is 0 Å². The number of carbonyl (C=O) groups excluding carboxylic acids is 1. The normalized spacial score (nSPS) is 52.6. The van der Waals surface area contributed by atoms with Crippen molar-refractivity contribution in [1.29, 1.82) is 0 Å². The standard InChI is InChI=1S/C29H48O16/c1-10-26(42-11(2)30)23(37)25(39)28(41-10)40-9-20-21(35)22(36)24(38)29(45-20)44-19-8-14-16(33)6-13(31)7-18(14)43-27(19)12-3-4-15(32)17(34)5-12/h10,12-29,31-39H,3-9H2,1-2H3. The van der Waals surface area contributed by atoms with Crippen molar-refractivity contribution in [3.63, 3.8) is 0 Å². The van der Waals surface area contributed by atoms with Gasteiger partial charge < -0.3 is 74.4 Å². The van der Waals surface area contributed by atoms with Crippen LogP contribution in [0.1, 0.15) is 52.4 Å². The van der Waals surface area contributed by atoms with Gasteiger partial charge in [0.15, 0.2) is 18.7 Å². The first-order valence-corrected chi connectivity index (χ1v) is 15.8. The molecule has 0 aromatic rings. The topological polar surface area (TPSA) is 255 Å². The van der Waals surface area contributed by atoms with E-state index in [1.807, 2.05) is 0 Å². The van der Waals surface area contributed by atoms with Gasteiger partial charge >= 0.3 is 5.97 Å². The first-order valence-electron chi connectivity index (χ1n) is 15.8. The van der Waals surface area contributed by atoms with Crippen LogP contribution in [0, 0.1) is 11.8 Å². The van der Waals surface area contributed by atoms with Gasteiger partial charge in [-0.05, 0) is 51.4 Å². The zero-order chi connectivity index (χ0) is 32.7. The van der Waals surface area contributed by atoms with Crippen molar-refractivity contribution in [3.8, 4) is 0 Å². The van der Waals surface area contributed by atoms with Gasteiger partial charge in [0.25, 0.3) is 0 Å². The van der Waals surface area contributed by atoms with Crippen LogP contribution in [0.25, 0.3) is 0 Å². The average Bonchev–Trinajstić information content (AvgIpc) is 2.98. The molecule has 16 nitrogen and oxygen atoms in total. The lowest BCUT2D eigenvalue weighted by molar-refractivity contribution is -0.346. The highest BCUT2D eigenvalue weighted by Crippen LogP contribution is 2.43. The van der Waals surface area contributed by atoms with E-state index in [4.69, 9.17) is 28.4 Å². The van der Waals surface area contributed by atoms with Gasteiger partial charge in [0.1, 0.15) is 36.6 Å². The summed E-state index contributed by atoms with van der Waals surface area (Å²) in [6, 6.07) is 0. The summed E-state index contributed by atoms with van der Waals surface area (Å²) in [7, 11) is 0. The van der Waals surface area contributed by atoms with E-state index in [1.165, 1.54) is 6.92 Å². The van der Waals surface area contributed by atoms with Crippen LogP contribution in [0.4, 0.5) is 0 Å². The molecular formula is C29H48O16. The second kappa shape index (κ2) is 14.6. The molecule has 0 radical (unpaired) electrons. The summed E-state index contributed by atoms with van der Waals surface area (Å²) in [6.45, 7) is 2.19. The van der Waals surface area contributed by atoms with E-state index in [1.54, 1.807) is 0 Å². The molecule has 19 unspecified atom stereocenters. The third-order valence-corrected chi connectivity index (χ3v) is 9.96. The highest BCUT2D eigenvalue weighted by Gasteiger charge is 2.52. The number of hydrogen-bond acceptors (Lipinski definition) is 16. The Morgan fingerprint density at radius 1 is 0.733 bits per heavy atom. The van der Waals surface area contributed by atoms with Crippen molar-refractivity contribution in [2.45, 2.75) is 157 Å². The van der Waals surface area contributed by atoms with E-state index in [-0.39, 0.29) is 25.2 Å². The van der Waals surface area contributed by atoms with E-state index in [0.717, 1.165) is 6.92 Å². The molecule has 5 rings (SSSR count). The van der Waals surface area contributed by atoms with Gasteiger partial charge in [-0.2, -0.15) is 0 Å². The minimum Gasteiger partial charge on any atom is -0.457 e. The summed E-state index contributed by atoms with van der Waals surface area (Å²) in [6.07, 6.45) is -18.1. The van der Waals surface area contributed by atoms with E-state index in [0.29, 0.717) is 19.3 Å². The van der Waals surface area contributed by atoms with Crippen LogP contribution in [0.3, 0.4) is 0 Å². The first-order chi connectivity index (χ1) is 21.2. The molecule has 9 N–H and O–H groups in total. The molecule has 16 heteroatoms. The van der Waals surface area contributed by atoms with Crippen LogP contribution in [0.15, 0.2) is 0 Å². The van der Waals surface area contributed by atoms with Crippen LogP contribution in [0.5, 0.6) is 0 Å². The fraction of sp³-hybridized carbons (Fsp3) is 0.966. The maximum Gasteiger partial charge on any atom is 0.303 e. The minimum atomic E-state index is -1.73. The lowest BCUT2D eigenvalue weighted by Crippen LogP contribution is -2.63. The van der Waals surface area contributed by atoms with Crippen molar-refractivity contribution in [3.05, 3.63) is 0 Å². The second-order valence-electron chi connectivity index (χ2n) is 13.2. The molecule has 0 spiro atoms. The Hall–Kier alpha value is -1.09. The number of ether oxygens (including phenoxy) is 6. The number of aliphatic hydroxyl groups excluding tert-OH is 9. The Balaban J connectivity index is 1.27. The van der Waals surface area contributed by atoms with Gasteiger partial charge in [-0.15, -0.1) is 0 Å². The van der Waals surface area contributed by atoms with Gasteiger partial charge in [-0.25, -0.2) is 0 Å². The minimum absolute atomic E-state index is 0.160. The Bertz CT molecular complexity index is 988.